The van der Waals surface area contributed by atoms with Crippen LogP contribution in [0.1, 0.15) is 20.7 Å². The Morgan fingerprint density at radius 1 is 0.792 bits per heavy atom. The molecule has 1 aliphatic carbocycles. The van der Waals surface area contributed by atoms with Crippen molar-refractivity contribution in [2.24, 2.45) is 0 Å². The van der Waals surface area contributed by atoms with E-state index in [-0.39, 0.29) is 4.86 Å². The van der Waals surface area contributed by atoms with Crippen LogP contribution in [-0.4, -0.2) is 21.0 Å². The average Bonchev–Trinajstić information content (AvgIpc) is 2.60. The second-order valence-corrected chi connectivity index (χ2v) is 7.32. The van der Waals surface area contributed by atoms with E-state index in [0.29, 0.717) is 26.4 Å². The summed E-state index contributed by atoms with van der Waals surface area (Å²) in [5.74, 6) is -0.824. The van der Waals surface area contributed by atoms with Crippen LogP contribution in [0.5, 0.6) is 0 Å². The highest BCUT2D eigenvalue weighted by atomic mass is 35.5. The number of rotatable bonds is 1. The van der Waals surface area contributed by atoms with Gasteiger partial charge in [-0.3, -0.25) is 9.59 Å². The van der Waals surface area contributed by atoms with Gasteiger partial charge in [-0.25, -0.2) is 0 Å². The Labute approximate surface area is 145 Å². The van der Waals surface area contributed by atoms with Gasteiger partial charge in [-0.15, -0.1) is 0 Å². The maximum Gasteiger partial charge on any atom is 0.205 e. The quantitative estimate of drug-likeness (QED) is 0.636. The molecule has 3 aromatic carbocycles. The third-order valence-electron chi connectivity index (χ3n) is 4.04. The summed E-state index contributed by atoms with van der Waals surface area (Å²) >= 11 is 5.86. The first-order valence-electron chi connectivity index (χ1n) is 7.25. The minimum Gasteiger partial charge on any atom is -0.332 e. The molecule has 0 heterocycles. The maximum atomic E-state index is 12.9. The normalized spacial score (nSPS) is 15.0. The fourth-order valence-electron chi connectivity index (χ4n) is 2.92. The van der Waals surface area contributed by atoms with Gasteiger partial charge in [-0.05, 0) is 40.4 Å². The molecule has 1 N–H and O–H groups in total. The van der Waals surface area contributed by atoms with Gasteiger partial charge in [0.05, 0.1) is 0 Å². The number of benzene rings is 3. The van der Waals surface area contributed by atoms with Gasteiger partial charge >= 0.3 is 0 Å². The van der Waals surface area contributed by atoms with Crippen molar-refractivity contribution >= 4 is 49.6 Å². The molecule has 0 bridgehead atoms. The number of hydrogen-bond donors (Lipinski definition) is 1. The van der Waals surface area contributed by atoms with Gasteiger partial charge in [0.25, 0.3) is 0 Å². The summed E-state index contributed by atoms with van der Waals surface area (Å²) in [5, 5.41) is 2.03. The van der Waals surface area contributed by atoms with E-state index >= 15 is 0 Å². The van der Waals surface area contributed by atoms with E-state index in [0.717, 1.165) is 5.39 Å². The van der Waals surface area contributed by atoms with Crippen LogP contribution in [0.15, 0.2) is 65.6 Å². The summed E-state index contributed by atoms with van der Waals surface area (Å²) in [6.45, 7) is 0. The second kappa shape index (κ2) is 5.67. The highest BCUT2D eigenvalue weighted by Gasteiger charge is 2.33. The van der Waals surface area contributed by atoms with Crippen molar-refractivity contribution in [2.45, 2.75) is 4.90 Å². The molecule has 1 unspecified atom stereocenters. The summed E-state index contributed by atoms with van der Waals surface area (Å²) in [6.07, 6.45) is 0. The summed E-state index contributed by atoms with van der Waals surface area (Å²) in [5.41, 5.74) is 0.913. The highest BCUT2D eigenvalue weighted by Crippen LogP contribution is 2.34. The average molecular weight is 355 g/mol. The molecule has 0 aromatic heterocycles. The Morgan fingerprint density at radius 2 is 1.33 bits per heavy atom. The minimum absolute atomic E-state index is 0.0940. The zero-order chi connectivity index (χ0) is 16.8. The highest BCUT2D eigenvalue weighted by molar-refractivity contribution is 8.13. The second-order valence-electron chi connectivity index (χ2n) is 5.44. The third kappa shape index (κ3) is 2.23. The first kappa shape index (κ1) is 15.3. The Hall–Kier alpha value is -2.27. The van der Waals surface area contributed by atoms with Crippen molar-refractivity contribution in [1.29, 1.82) is 0 Å². The van der Waals surface area contributed by atoms with Crippen LogP contribution in [0.3, 0.4) is 0 Å². The fraction of sp³-hybridized carbons (Fsp3) is 0. The molecule has 1 aliphatic rings. The van der Waals surface area contributed by atoms with Gasteiger partial charge in [-0.2, -0.15) is 0 Å². The lowest BCUT2D eigenvalue weighted by Crippen LogP contribution is -2.29. The lowest BCUT2D eigenvalue weighted by molar-refractivity contribution is 0.102. The van der Waals surface area contributed by atoms with Crippen LogP contribution < -0.4 is 0 Å². The third-order valence-corrected chi connectivity index (χ3v) is 5.76. The molecule has 0 aliphatic heterocycles. The Balaban J connectivity index is 2.00. The number of hydrogen-bond acceptors (Lipinski definition) is 3. The molecule has 24 heavy (non-hydrogen) atoms. The van der Waals surface area contributed by atoms with Gasteiger partial charge in [0.1, 0.15) is 4.86 Å². The number of halogens is 1. The van der Waals surface area contributed by atoms with Crippen LogP contribution in [0.25, 0.3) is 10.8 Å². The SMILES string of the molecule is O=C1C(=S(O)c2ccc(Cl)cc2)C(=O)c2cccc3cccc1c23. The monoisotopic (exact) mass is 354 g/mol. The van der Waals surface area contributed by atoms with Gasteiger partial charge in [-0.1, -0.05) is 48.0 Å². The maximum absolute atomic E-state index is 12.9. The summed E-state index contributed by atoms with van der Waals surface area (Å²) in [7, 11) is -1.61. The van der Waals surface area contributed by atoms with Crippen LogP contribution >= 0.6 is 22.4 Å². The largest absolute Gasteiger partial charge is 0.332 e. The molecule has 0 radical (unpaired) electrons. The molecule has 0 spiro atoms. The van der Waals surface area contributed by atoms with E-state index in [1.807, 2.05) is 12.1 Å². The lowest BCUT2D eigenvalue weighted by Gasteiger charge is -2.19. The van der Waals surface area contributed by atoms with Crippen molar-refractivity contribution < 1.29 is 14.1 Å². The van der Waals surface area contributed by atoms with Crippen LogP contribution in [0.2, 0.25) is 5.02 Å². The van der Waals surface area contributed by atoms with Gasteiger partial charge < -0.3 is 4.55 Å². The van der Waals surface area contributed by atoms with Gasteiger partial charge in [0.15, 0.2) is 0 Å². The van der Waals surface area contributed by atoms with E-state index in [2.05, 4.69) is 0 Å². The number of carbonyl (C=O) groups excluding carboxylic acids is 2. The van der Waals surface area contributed by atoms with E-state index in [9.17, 15) is 14.1 Å². The summed E-state index contributed by atoms with van der Waals surface area (Å²) < 4.78 is 10.7. The van der Waals surface area contributed by atoms with E-state index in [1.165, 1.54) is 0 Å². The molecule has 4 rings (SSSR count). The molecule has 5 heteroatoms. The lowest BCUT2D eigenvalue weighted by atomic mass is 9.87. The molecule has 0 amide bonds. The Kier molecular flexibility index (Phi) is 3.61. The van der Waals surface area contributed by atoms with Crippen molar-refractivity contribution in [3.8, 4) is 0 Å². The van der Waals surface area contributed by atoms with Crippen LogP contribution in [0.4, 0.5) is 0 Å². The first-order valence-corrected chi connectivity index (χ1v) is 8.81. The predicted octanol–water partition coefficient (Wildman–Crippen LogP) is 4.85. The summed E-state index contributed by atoms with van der Waals surface area (Å²) in [6, 6.07) is 17.2. The smallest absolute Gasteiger partial charge is 0.205 e. The van der Waals surface area contributed by atoms with Crippen LogP contribution in [0, 0.1) is 0 Å². The van der Waals surface area contributed by atoms with Gasteiger partial charge in [0, 0.05) is 26.4 Å². The fourth-order valence-corrected chi connectivity index (χ4v) is 4.25. The topological polar surface area (TPSA) is 54.4 Å². The molecule has 3 aromatic rings. The summed E-state index contributed by atoms with van der Waals surface area (Å²) in [4.78, 5) is 26.1. The van der Waals surface area contributed by atoms with Gasteiger partial charge in [0.2, 0.25) is 11.6 Å². The molecule has 118 valence electrons. The molecule has 0 fully saturated rings. The molecule has 1 atom stereocenters. The molecular weight excluding hydrogens is 344 g/mol. The van der Waals surface area contributed by atoms with E-state index < -0.39 is 22.3 Å². The van der Waals surface area contributed by atoms with Crippen LogP contribution in [-0.2, 0) is 0 Å². The Bertz CT molecular complexity index is 999. The molecule has 0 saturated carbocycles. The van der Waals surface area contributed by atoms with Crippen molar-refractivity contribution in [3.63, 3.8) is 0 Å². The number of carbonyl (C=O) groups is 2. The van der Waals surface area contributed by atoms with Crippen molar-refractivity contribution in [2.75, 3.05) is 0 Å². The predicted molar refractivity (Wildman–Crippen MR) is 97.6 cm³/mol. The Morgan fingerprint density at radius 3 is 1.88 bits per heavy atom. The molecule has 0 saturated heterocycles. The zero-order valence-corrected chi connectivity index (χ0v) is 13.9. The van der Waals surface area contributed by atoms with Crippen molar-refractivity contribution in [3.05, 3.63) is 76.8 Å². The molecular formula is C19H11ClO3S. The standard InChI is InChI=1S/C19H11ClO3S/c20-12-7-9-13(10-8-12)24(23)19-17(21)14-5-1-3-11-4-2-6-15(16(11)14)18(19)22/h1-10,23H. The molecule has 3 nitrogen and oxygen atoms in total. The minimum atomic E-state index is -1.61. The number of ketones is 2. The van der Waals surface area contributed by atoms with Crippen molar-refractivity contribution in [1.82, 2.24) is 0 Å². The van der Waals surface area contributed by atoms with E-state index in [4.69, 9.17) is 11.6 Å². The number of Topliss-reactive ketones (excluding diaryl/α,β-unsaturated/α-hetero) is 2. The van der Waals surface area contributed by atoms with E-state index in [1.54, 1.807) is 48.5 Å². The zero-order valence-electron chi connectivity index (χ0n) is 12.3. The first-order chi connectivity index (χ1) is 11.6.